The fourth-order valence-corrected chi connectivity index (χ4v) is 1.10. The van der Waals surface area contributed by atoms with E-state index in [1.54, 1.807) is 0 Å². The molecular weight excluding hydrogens is 162 g/mol. The van der Waals surface area contributed by atoms with Gasteiger partial charge >= 0.3 is 5.97 Å². The molecule has 1 aliphatic heterocycles. The maximum atomic E-state index is 10.8. The summed E-state index contributed by atoms with van der Waals surface area (Å²) in [5.41, 5.74) is -1.16. The van der Waals surface area contributed by atoms with Crippen LogP contribution in [0.25, 0.3) is 0 Å². The maximum Gasteiger partial charge on any atom is 0.315 e. The zero-order chi connectivity index (χ0) is 9.03. The molecule has 1 saturated heterocycles. The van der Waals surface area contributed by atoms with Gasteiger partial charge in [0.2, 0.25) is 0 Å². The maximum absolute atomic E-state index is 10.8. The summed E-state index contributed by atoms with van der Waals surface area (Å²) in [6.07, 6.45) is 0. The molecule has 1 atom stereocenters. The first-order valence-corrected chi connectivity index (χ1v) is 3.84. The second-order valence-corrected chi connectivity index (χ2v) is 2.97. The highest BCUT2D eigenvalue weighted by Gasteiger charge is 2.39. The molecular formula is C7H13NO4. The van der Waals surface area contributed by atoms with Gasteiger partial charge in [-0.05, 0) is 0 Å². The molecule has 12 heavy (non-hydrogen) atoms. The Hall–Kier alpha value is -0.650. The van der Waals surface area contributed by atoms with Crippen LogP contribution < -0.4 is 5.32 Å². The van der Waals surface area contributed by atoms with Crippen molar-refractivity contribution in [2.24, 2.45) is 5.41 Å². The summed E-state index contributed by atoms with van der Waals surface area (Å²) in [5, 5.41) is 20.7. The summed E-state index contributed by atoms with van der Waals surface area (Å²) in [6.45, 7) is 1.07. The van der Waals surface area contributed by atoms with Gasteiger partial charge in [-0.3, -0.25) is 4.79 Å². The lowest BCUT2D eigenvalue weighted by Crippen LogP contribution is -2.45. The van der Waals surface area contributed by atoms with Crippen LogP contribution in [0.5, 0.6) is 0 Å². The molecule has 0 radical (unpaired) electrons. The summed E-state index contributed by atoms with van der Waals surface area (Å²) in [6, 6.07) is 0. The average molecular weight is 175 g/mol. The molecule has 1 unspecified atom stereocenters. The summed E-state index contributed by atoms with van der Waals surface area (Å²) < 4.78 is 5.06. The molecule has 0 bridgehead atoms. The number of carboxylic acid groups (broad SMARTS) is 1. The molecule has 1 rings (SSSR count). The van der Waals surface area contributed by atoms with E-state index >= 15 is 0 Å². The number of hydrogen-bond acceptors (Lipinski definition) is 4. The third-order valence-corrected chi connectivity index (χ3v) is 2.02. The normalized spacial score (nSPS) is 31.1. The van der Waals surface area contributed by atoms with Gasteiger partial charge in [-0.15, -0.1) is 0 Å². The van der Waals surface area contributed by atoms with Crippen LogP contribution in [0.4, 0.5) is 0 Å². The third-order valence-electron chi connectivity index (χ3n) is 2.02. The quantitative estimate of drug-likeness (QED) is 0.484. The average Bonchev–Trinajstić information content (AvgIpc) is 2.29. The van der Waals surface area contributed by atoms with Gasteiger partial charge in [-0.25, -0.2) is 0 Å². The van der Waals surface area contributed by atoms with E-state index in [1.807, 2.05) is 0 Å². The van der Waals surface area contributed by atoms with Crippen LogP contribution in [-0.2, 0) is 9.53 Å². The lowest BCUT2D eigenvalue weighted by molar-refractivity contribution is -0.154. The fourth-order valence-electron chi connectivity index (χ4n) is 1.10. The molecule has 0 aromatic rings. The Bertz CT molecular complexity index is 163. The number of hydrogen-bond donors (Lipinski definition) is 3. The van der Waals surface area contributed by atoms with E-state index < -0.39 is 18.0 Å². The van der Waals surface area contributed by atoms with Gasteiger partial charge in [0.15, 0.2) is 0 Å². The Balaban J connectivity index is 2.68. The molecule has 70 valence electrons. The molecule has 0 amide bonds. The number of carbonyl (C=O) groups is 1. The van der Waals surface area contributed by atoms with Crippen LogP contribution in [0, 0.1) is 5.41 Å². The van der Waals surface area contributed by atoms with E-state index in [-0.39, 0.29) is 13.2 Å². The molecule has 0 saturated carbocycles. The lowest BCUT2D eigenvalue weighted by atomic mass is 9.90. The van der Waals surface area contributed by atoms with Gasteiger partial charge in [0, 0.05) is 13.1 Å². The Morgan fingerprint density at radius 2 is 2.42 bits per heavy atom. The van der Waals surface area contributed by atoms with Gasteiger partial charge in [0.05, 0.1) is 19.8 Å². The van der Waals surface area contributed by atoms with E-state index in [1.165, 1.54) is 0 Å². The molecule has 3 N–H and O–H groups in total. The molecule has 1 aliphatic rings. The SMILES string of the molecule is O=C(O)C1(CO)CNCCOC1. The first-order valence-electron chi connectivity index (χ1n) is 3.84. The first-order chi connectivity index (χ1) is 5.71. The second-order valence-electron chi connectivity index (χ2n) is 2.97. The van der Waals surface area contributed by atoms with Crippen molar-refractivity contribution in [3.63, 3.8) is 0 Å². The van der Waals surface area contributed by atoms with Gasteiger partial charge in [-0.1, -0.05) is 0 Å². The highest BCUT2D eigenvalue weighted by Crippen LogP contribution is 2.17. The van der Waals surface area contributed by atoms with Crippen molar-refractivity contribution in [1.29, 1.82) is 0 Å². The minimum atomic E-state index is -1.16. The predicted molar refractivity (Wildman–Crippen MR) is 40.8 cm³/mol. The smallest absolute Gasteiger partial charge is 0.315 e. The molecule has 5 nitrogen and oxygen atoms in total. The molecule has 5 heteroatoms. The van der Waals surface area contributed by atoms with Crippen molar-refractivity contribution in [2.45, 2.75) is 0 Å². The highest BCUT2D eigenvalue weighted by atomic mass is 16.5. The monoisotopic (exact) mass is 175 g/mol. The number of aliphatic hydroxyl groups excluding tert-OH is 1. The minimum Gasteiger partial charge on any atom is -0.481 e. The number of nitrogens with one attached hydrogen (secondary N) is 1. The van der Waals surface area contributed by atoms with Crippen LogP contribution in [-0.4, -0.2) is 49.1 Å². The van der Waals surface area contributed by atoms with Crippen LogP contribution in [0.2, 0.25) is 0 Å². The molecule has 1 fully saturated rings. The zero-order valence-electron chi connectivity index (χ0n) is 6.75. The molecule has 1 heterocycles. The molecule has 0 aromatic carbocycles. The van der Waals surface area contributed by atoms with E-state index in [2.05, 4.69) is 5.32 Å². The highest BCUT2D eigenvalue weighted by molar-refractivity contribution is 5.75. The van der Waals surface area contributed by atoms with Gasteiger partial charge in [0.1, 0.15) is 5.41 Å². The predicted octanol–water partition coefficient (Wildman–Crippen LogP) is -1.33. The second kappa shape index (κ2) is 3.84. The van der Waals surface area contributed by atoms with Crippen LogP contribution in [0.3, 0.4) is 0 Å². The van der Waals surface area contributed by atoms with E-state index in [4.69, 9.17) is 14.9 Å². The fraction of sp³-hybridized carbons (Fsp3) is 0.857. The molecule has 0 aliphatic carbocycles. The van der Waals surface area contributed by atoms with E-state index in [0.717, 1.165) is 0 Å². The Morgan fingerprint density at radius 1 is 1.67 bits per heavy atom. The van der Waals surface area contributed by atoms with E-state index in [9.17, 15) is 4.79 Å². The van der Waals surface area contributed by atoms with Gasteiger partial charge in [-0.2, -0.15) is 0 Å². The third kappa shape index (κ3) is 1.74. The summed E-state index contributed by atoms with van der Waals surface area (Å²) >= 11 is 0. The number of rotatable bonds is 2. The van der Waals surface area contributed by atoms with Crippen LogP contribution in [0.1, 0.15) is 0 Å². The topological polar surface area (TPSA) is 78.8 Å². The van der Waals surface area contributed by atoms with Gasteiger partial charge in [0.25, 0.3) is 0 Å². The van der Waals surface area contributed by atoms with Crippen molar-refractivity contribution < 1.29 is 19.7 Å². The first kappa shape index (κ1) is 9.44. The summed E-state index contributed by atoms with van der Waals surface area (Å²) in [4.78, 5) is 10.8. The Morgan fingerprint density at radius 3 is 3.00 bits per heavy atom. The van der Waals surface area contributed by atoms with Crippen molar-refractivity contribution in [2.75, 3.05) is 32.9 Å². The largest absolute Gasteiger partial charge is 0.481 e. The lowest BCUT2D eigenvalue weighted by Gasteiger charge is -2.23. The number of aliphatic hydroxyl groups is 1. The summed E-state index contributed by atoms with van der Waals surface area (Å²) in [5.74, 6) is -1.01. The molecule has 0 aromatic heterocycles. The van der Waals surface area contributed by atoms with Crippen LogP contribution >= 0.6 is 0 Å². The summed E-state index contributed by atoms with van der Waals surface area (Å²) in [7, 11) is 0. The van der Waals surface area contributed by atoms with Gasteiger partial charge < -0.3 is 20.3 Å². The number of aliphatic carboxylic acids is 1. The minimum absolute atomic E-state index is 0.0752. The Kier molecular flexibility index (Phi) is 3.02. The zero-order valence-corrected chi connectivity index (χ0v) is 6.75. The van der Waals surface area contributed by atoms with Crippen molar-refractivity contribution in [3.05, 3.63) is 0 Å². The number of carboxylic acids is 1. The van der Waals surface area contributed by atoms with Crippen molar-refractivity contribution in [1.82, 2.24) is 5.32 Å². The number of ether oxygens (including phenoxy) is 1. The molecule has 0 spiro atoms. The standard InChI is InChI=1S/C7H13NO4/c9-4-7(6(10)11)3-8-1-2-12-5-7/h8-9H,1-5H2,(H,10,11). The van der Waals surface area contributed by atoms with Crippen LogP contribution in [0.15, 0.2) is 0 Å². The van der Waals surface area contributed by atoms with Crippen molar-refractivity contribution in [3.8, 4) is 0 Å². The Labute approximate surface area is 70.3 Å². The van der Waals surface area contributed by atoms with Crippen molar-refractivity contribution >= 4 is 5.97 Å². The van der Waals surface area contributed by atoms with E-state index in [0.29, 0.717) is 13.2 Å².